The van der Waals surface area contributed by atoms with Crippen LogP contribution >= 0.6 is 0 Å². The van der Waals surface area contributed by atoms with Crippen molar-refractivity contribution in [1.82, 2.24) is 0 Å². The predicted molar refractivity (Wildman–Crippen MR) is 294 cm³/mol. The molecule has 0 amide bonds. The van der Waals surface area contributed by atoms with Gasteiger partial charge in [-0.2, -0.15) is 0 Å². The maximum atomic E-state index is 13.5. The molecule has 0 bridgehead atoms. The minimum atomic E-state index is -2.24. The molecule has 0 spiro atoms. The van der Waals surface area contributed by atoms with Crippen molar-refractivity contribution in [2.45, 2.75) is 262 Å². The van der Waals surface area contributed by atoms with Crippen molar-refractivity contribution in [2.24, 2.45) is 50.2 Å². The summed E-state index contributed by atoms with van der Waals surface area (Å²) in [6, 6.07) is 0. The average Bonchev–Trinajstić information content (AvgIpc) is 0.670. The second-order valence-corrected chi connectivity index (χ2v) is 28.1. The van der Waals surface area contributed by atoms with Crippen molar-refractivity contribution in [2.75, 3.05) is 19.8 Å². The molecule has 27 heteroatoms. The number of aliphatic carboxylic acids is 1. The zero-order valence-electron chi connectivity index (χ0n) is 51.2. The fourth-order valence-corrected chi connectivity index (χ4v) is 17.4. The van der Waals surface area contributed by atoms with Gasteiger partial charge in [-0.25, -0.2) is 9.59 Å². The Morgan fingerprint density at radius 1 is 0.655 bits per heavy atom. The number of carbonyl (C=O) groups excluding carboxylic acids is 2. The van der Waals surface area contributed by atoms with Crippen molar-refractivity contribution in [3.05, 3.63) is 23.3 Å². The molecule has 87 heavy (non-hydrogen) atoms. The van der Waals surface area contributed by atoms with Gasteiger partial charge < -0.3 is 119 Å². The van der Waals surface area contributed by atoms with Gasteiger partial charge in [0.05, 0.1) is 49.7 Å². The Kier molecular flexibility index (Phi) is 19.5. The van der Waals surface area contributed by atoms with E-state index in [-0.39, 0.29) is 24.7 Å². The molecule has 4 saturated carbocycles. The number of carboxylic acid groups (broad SMARTS) is 1. The molecular formula is C60H94O27. The van der Waals surface area contributed by atoms with Gasteiger partial charge in [0.2, 0.25) is 0 Å². The van der Waals surface area contributed by atoms with Crippen molar-refractivity contribution in [1.29, 1.82) is 0 Å². The summed E-state index contributed by atoms with van der Waals surface area (Å²) in [5.41, 5.74) is -4.82. The molecule has 8 fully saturated rings. The van der Waals surface area contributed by atoms with Crippen LogP contribution < -0.4 is 0 Å². The maximum Gasteiger partial charge on any atom is 0.335 e. The monoisotopic (exact) mass is 1250 g/mol. The topological polar surface area (TPSA) is 427 Å². The molecule has 496 valence electrons. The normalized spacial score (nSPS) is 51.3. The Labute approximate surface area is 505 Å². The summed E-state index contributed by atoms with van der Waals surface area (Å²) in [5.74, 6) is -4.17. The quantitative estimate of drug-likeness (QED) is 0.0394. The van der Waals surface area contributed by atoms with Gasteiger partial charge in [0, 0.05) is 23.3 Å². The van der Waals surface area contributed by atoms with E-state index >= 15 is 0 Å². The van der Waals surface area contributed by atoms with Gasteiger partial charge in [-0.3, -0.25) is 4.79 Å². The number of fused-ring (bicyclic) bond motifs is 7. The van der Waals surface area contributed by atoms with Crippen molar-refractivity contribution in [3.63, 3.8) is 0 Å². The van der Waals surface area contributed by atoms with Crippen LogP contribution in [0.15, 0.2) is 23.3 Å². The summed E-state index contributed by atoms with van der Waals surface area (Å²) in [4.78, 5) is 39.7. The van der Waals surface area contributed by atoms with Gasteiger partial charge in [-0.05, 0) is 93.3 Å². The number of aliphatic hydroxyl groups is 13. The summed E-state index contributed by atoms with van der Waals surface area (Å²) < 4.78 is 61.1. The van der Waals surface area contributed by atoms with E-state index in [9.17, 15) is 85.9 Å². The molecular weight excluding hydrogens is 1150 g/mol. The number of esters is 2. The van der Waals surface area contributed by atoms with Crippen molar-refractivity contribution < 1.29 is 133 Å². The molecule has 0 aromatic rings. The summed E-state index contributed by atoms with van der Waals surface area (Å²) in [7, 11) is 0. The molecule has 14 N–H and O–H groups in total. The Morgan fingerprint density at radius 3 is 1.89 bits per heavy atom. The summed E-state index contributed by atoms with van der Waals surface area (Å²) >= 11 is 0. The van der Waals surface area contributed by atoms with E-state index in [1.807, 2.05) is 34.6 Å². The molecule has 4 heterocycles. The van der Waals surface area contributed by atoms with E-state index in [0.29, 0.717) is 31.3 Å². The number of ether oxygens (including phenoxy) is 10. The maximum absolute atomic E-state index is 13.5. The smallest absolute Gasteiger partial charge is 0.335 e. The first-order valence-corrected chi connectivity index (χ1v) is 30.4. The Morgan fingerprint density at radius 2 is 1.28 bits per heavy atom. The lowest BCUT2D eigenvalue weighted by Gasteiger charge is -2.73. The zero-order valence-corrected chi connectivity index (χ0v) is 51.2. The average molecular weight is 1250 g/mol. The number of aliphatic hydroxyl groups excluding tert-OH is 13. The lowest BCUT2D eigenvalue weighted by molar-refractivity contribution is -0.401. The number of carboxylic acids is 1. The van der Waals surface area contributed by atoms with Crippen LogP contribution in [0, 0.1) is 50.2 Å². The third-order valence-corrected chi connectivity index (χ3v) is 22.7. The van der Waals surface area contributed by atoms with Crippen LogP contribution in [0.3, 0.4) is 0 Å². The first-order valence-electron chi connectivity index (χ1n) is 30.4. The van der Waals surface area contributed by atoms with E-state index < -0.39 is 223 Å². The van der Waals surface area contributed by atoms with Gasteiger partial charge >= 0.3 is 17.9 Å². The number of allylic oxidation sites excluding steroid dienone is 2. The molecule has 9 aliphatic rings. The SMILES string of the molecule is C/C=C(\C)C(=O)O[C@H]1[C@H](OC(C)=O)[C@]2(CO)[C@H](O)[C@H](O)[C@]3(C)C(=CC[C@@H]4[C@@]5(C)CC[C@H](O[C@@H]6O[C@H](C(=O)O)[C@@H](O)[C@H](O[C@@H]7OC[C@H](O)[C@H](O)[C@H]7O[C@@H]7O[C@@H](C)[C@H](O)[C@@H](O)[C@H]7O)[C@H]6O[C@@H]6O[C@H](CO)[C@H](O)[C@H](O)[C@H]6O)C(C)(C)[C@@H]5CC[C@]43C)[C@@H]2CC1(C)C. The number of carbonyl (C=O) groups is 3. The van der Waals surface area contributed by atoms with Crippen LogP contribution in [-0.4, -0.2) is 256 Å². The molecule has 5 aliphatic carbocycles. The zero-order chi connectivity index (χ0) is 64.3. The third-order valence-electron chi connectivity index (χ3n) is 22.7. The van der Waals surface area contributed by atoms with Crippen LogP contribution in [0.1, 0.15) is 115 Å². The van der Waals surface area contributed by atoms with E-state index in [2.05, 4.69) is 19.9 Å². The minimum Gasteiger partial charge on any atom is -0.479 e. The lowest BCUT2D eigenvalue weighted by atomic mass is 9.32. The molecule has 0 unspecified atom stereocenters. The van der Waals surface area contributed by atoms with Crippen LogP contribution in [0.5, 0.6) is 0 Å². The van der Waals surface area contributed by atoms with Gasteiger partial charge in [-0.1, -0.05) is 66.2 Å². The van der Waals surface area contributed by atoms with E-state index in [1.54, 1.807) is 19.9 Å². The Hall–Kier alpha value is -2.95. The number of hydrogen-bond acceptors (Lipinski definition) is 26. The summed E-state index contributed by atoms with van der Waals surface area (Å²) in [6.45, 7) is 17.6. The van der Waals surface area contributed by atoms with Gasteiger partial charge in [0.25, 0.3) is 0 Å². The highest BCUT2D eigenvalue weighted by Crippen LogP contribution is 2.76. The van der Waals surface area contributed by atoms with Crippen molar-refractivity contribution in [3.8, 4) is 0 Å². The van der Waals surface area contributed by atoms with E-state index in [0.717, 1.165) is 5.57 Å². The highest BCUT2D eigenvalue weighted by Gasteiger charge is 2.76. The predicted octanol–water partition coefficient (Wildman–Crippen LogP) is -1.83. The second kappa shape index (κ2) is 24.8. The van der Waals surface area contributed by atoms with Gasteiger partial charge in [0.1, 0.15) is 85.5 Å². The van der Waals surface area contributed by atoms with Gasteiger partial charge in [0.15, 0.2) is 37.4 Å². The number of hydrogen-bond donors (Lipinski definition) is 14. The first kappa shape index (κ1) is 68.4. The Bertz CT molecular complexity index is 2560. The molecule has 9 rings (SSSR count). The standard InChI is InChI=1S/C60H94O27/c1-12-23(2)50(77)87-47-48(80-25(4)63)60(22-62)27(19-55(47,5)6)26-13-14-31-57(9)17-16-32(56(7,8)30(57)15-18-58(31,10)59(26,11)45(73)46(60)74)82-54-44(86-52-39(71)37(69)35(67)29(20-61)81-52)41(40(72)42(84-54)49(75)76)83-53-43(34(66)28(64)21-78-53)85-51-38(70)36(68)33(65)24(3)79-51/h12-13,24,27-48,51-54,61-62,64-74H,14-22H2,1-11H3,(H,75,76)/b23-12+/t24-,27-,28-,29+,30-,31+,32-,33-,34-,35-,36+,37-,38+,39+,40-,41-,42-,43+,44+,45-,46+,47-,48-,51-,52-,53-,54+,57-,58+,59-,60-/m0/s1. The van der Waals surface area contributed by atoms with E-state index in [4.69, 9.17) is 47.4 Å². The van der Waals surface area contributed by atoms with Crippen LogP contribution in [0.2, 0.25) is 0 Å². The highest BCUT2D eigenvalue weighted by molar-refractivity contribution is 5.87. The molecule has 4 saturated heterocycles. The largest absolute Gasteiger partial charge is 0.479 e. The highest BCUT2D eigenvalue weighted by atomic mass is 16.8. The molecule has 0 aromatic carbocycles. The fourth-order valence-electron chi connectivity index (χ4n) is 17.4. The number of rotatable bonds is 14. The van der Waals surface area contributed by atoms with Crippen LogP contribution in [0.4, 0.5) is 0 Å². The summed E-state index contributed by atoms with van der Waals surface area (Å²) in [6.07, 6.45) is -35.7. The van der Waals surface area contributed by atoms with Crippen LogP contribution in [0.25, 0.3) is 0 Å². The summed E-state index contributed by atoms with van der Waals surface area (Å²) in [5, 5.41) is 158. The molecule has 4 aliphatic heterocycles. The second-order valence-electron chi connectivity index (χ2n) is 28.1. The fraction of sp³-hybridized carbons (Fsp3) is 0.883. The molecule has 0 radical (unpaired) electrons. The molecule has 31 atom stereocenters. The van der Waals surface area contributed by atoms with Crippen molar-refractivity contribution >= 4 is 17.9 Å². The molecule has 0 aromatic heterocycles. The van der Waals surface area contributed by atoms with Crippen LogP contribution in [-0.2, 0) is 61.8 Å². The first-order chi connectivity index (χ1) is 40.5. The van der Waals surface area contributed by atoms with E-state index in [1.165, 1.54) is 13.8 Å². The lowest BCUT2D eigenvalue weighted by Crippen LogP contribution is -2.76. The minimum absolute atomic E-state index is 0.187. The third kappa shape index (κ3) is 11.1. The van der Waals surface area contributed by atoms with Gasteiger partial charge in [-0.15, -0.1) is 0 Å². The molecule has 27 nitrogen and oxygen atoms in total. The Balaban J connectivity index is 1.05.